The fourth-order valence-corrected chi connectivity index (χ4v) is 1.86. The highest BCUT2D eigenvalue weighted by molar-refractivity contribution is 5.87. The van der Waals surface area contributed by atoms with Crippen LogP contribution in [0, 0.1) is 5.92 Å². The van der Waals surface area contributed by atoms with Gasteiger partial charge >= 0.3 is 5.97 Å². The molecule has 6 heteroatoms. The van der Waals surface area contributed by atoms with Crippen molar-refractivity contribution in [2.45, 2.75) is 32.2 Å². The van der Waals surface area contributed by atoms with E-state index in [1.807, 2.05) is 0 Å². The van der Waals surface area contributed by atoms with Crippen LogP contribution in [-0.2, 0) is 14.3 Å². The molecule has 0 aromatic carbocycles. The highest BCUT2D eigenvalue weighted by atomic mass is 35.5. The molecule has 1 amide bonds. The smallest absolute Gasteiger partial charge is 0.330 e. The molecule has 1 rings (SSSR count). The summed E-state index contributed by atoms with van der Waals surface area (Å²) in [5.41, 5.74) is -0.947. The minimum Gasteiger partial charge on any atom is -0.467 e. The molecule has 0 saturated carbocycles. The van der Waals surface area contributed by atoms with E-state index >= 15 is 0 Å². The Balaban J connectivity index is 0.00000256. The first-order chi connectivity index (χ1) is 7.45. The zero-order valence-electron chi connectivity index (χ0n) is 10.5. The summed E-state index contributed by atoms with van der Waals surface area (Å²) in [6.07, 6.45) is 1.49. The second-order valence-electron chi connectivity index (χ2n) is 4.73. The van der Waals surface area contributed by atoms with Gasteiger partial charge in [0.2, 0.25) is 5.91 Å². The minimum atomic E-state index is -0.947. The van der Waals surface area contributed by atoms with Crippen molar-refractivity contribution < 1.29 is 14.3 Å². The van der Waals surface area contributed by atoms with Crippen LogP contribution in [0.25, 0.3) is 0 Å². The SMILES string of the molecule is COC(=O)C(C)(C)NC(=O)CC1CCNC1.Cl. The summed E-state index contributed by atoms with van der Waals surface area (Å²) < 4.78 is 4.62. The van der Waals surface area contributed by atoms with E-state index in [0.717, 1.165) is 19.5 Å². The zero-order chi connectivity index (χ0) is 12.2. The zero-order valence-corrected chi connectivity index (χ0v) is 11.4. The van der Waals surface area contributed by atoms with E-state index in [2.05, 4.69) is 15.4 Å². The average molecular weight is 265 g/mol. The fourth-order valence-electron chi connectivity index (χ4n) is 1.86. The molecule has 1 fully saturated rings. The third-order valence-electron chi connectivity index (χ3n) is 2.78. The van der Waals surface area contributed by atoms with E-state index in [1.165, 1.54) is 7.11 Å². The summed E-state index contributed by atoms with van der Waals surface area (Å²) in [4.78, 5) is 23.0. The van der Waals surface area contributed by atoms with Crippen molar-refractivity contribution >= 4 is 24.3 Å². The molecule has 1 aliphatic rings. The third kappa shape index (κ3) is 4.91. The molecular formula is C11H21ClN2O3. The first kappa shape index (κ1) is 16.2. The van der Waals surface area contributed by atoms with Crippen LogP contribution in [0.3, 0.4) is 0 Å². The average Bonchev–Trinajstić information content (AvgIpc) is 2.67. The van der Waals surface area contributed by atoms with E-state index < -0.39 is 11.5 Å². The second kappa shape index (κ2) is 6.81. The molecule has 1 atom stereocenters. The van der Waals surface area contributed by atoms with Gasteiger partial charge in [0, 0.05) is 6.42 Å². The molecule has 17 heavy (non-hydrogen) atoms. The second-order valence-corrected chi connectivity index (χ2v) is 4.73. The van der Waals surface area contributed by atoms with Crippen molar-refractivity contribution in [1.82, 2.24) is 10.6 Å². The van der Waals surface area contributed by atoms with E-state index in [1.54, 1.807) is 13.8 Å². The quantitative estimate of drug-likeness (QED) is 0.725. The molecule has 100 valence electrons. The molecule has 0 radical (unpaired) electrons. The maximum atomic E-state index is 11.7. The van der Waals surface area contributed by atoms with Gasteiger partial charge in [-0.15, -0.1) is 12.4 Å². The largest absolute Gasteiger partial charge is 0.467 e. The third-order valence-corrected chi connectivity index (χ3v) is 2.78. The number of ether oxygens (including phenoxy) is 1. The number of hydrogen-bond donors (Lipinski definition) is 2. The molecule has 1 heterocycles. The number of amides is 1. The van der Waals surface area contributed by atoms with E-state index in [-0.39, 0.29) is 18.3 Å². The number of hydrogen-bond acceptors (Lipinski definition) is 4. The van der Waals surface area contributed by atoms with E-state index in [0.29, 0.717) is 12.3 Å². The molecule has 0 aliphatic carbocycles. The molecule has 0 aromatic rings. The molecule has 2 N–H and O–H groups in total. The Hall–Kier alpha value is -0.810. The van der Waals surface area contributed by atoms with Crippen molar-refractivity contribution in [1.29, 1.82) is 0 Å². The van der Waals surface area contributed by atoms with Gasteiger partial charge in [-0.05, 0) is 39.3 Å². The summed E-state index contributed by atoms with van der Waals surface area (Å²) in [5.74, 6) is -0.136. The Kier molecular flexibility index (Phi) is 6.49. The van der Waals surface area contributed by atoms with Crippen LogP contribution in [-0.4, -0.2) is 37.6 Å². The van der Waals surface area contributed by atoms with Crippen LogP contribution >= 0.6 is 12.4 Å². The van der Waals surface area contributed by atoms with Gasteiger partial charge in [-0.3, -0.25) is 4.79 Å². The highest BCUT2D eigenvalue weighted by Crippen LogP contribution is 2.13. The Morgan fingerprint density at radius 3 is 2.59 bits per heavy atom. The van der Waals surface area contributed by atoms with Gasteiger partial charge in [0.25, 0.3) is 0 Å². The highest BCUT2D eigenvalue weighted by Gasteiger charge is 2.31. The first-order valence-corrected chi connectivity index (χ1v) is 5.56. The monoisotopic (exact) mass is 264 g/mol. The van der Waals surface area contributed by atoms with Crippen LogP contribution in [0.5, 0.6) is 0 Å². The lowest BCUT2D eigenvalue weighted by Gasteiger charge is -2.23. The lowest BCUT2D eigenvalue weighted by Crippen LogP contribution is -2.50. The number of methoxy groups -OCH3 is 1. The molecule has 1 saturated heterocycles. The summed E-state index contributed by atoms with van der Waals surface area (Å²) >= 11 is 0. The van der Waals surface area contributed by atoms with Crippen molar-refractivity contribution in [3.05, 3.63) is 0 Å². The van der Waals surface area contributed by atoms with E-state index in [9.17, 15) is 9.59 Å². The van der Waals surface area contributed by atoms with Gasteiger partial charge in [-0.25, -0.2) is 4.79 Å². The predicted octanol–water partition coefficient (Wildman–Crippen LogP) is 0.476. The summed E-state index contributed by atoms with van der Waals surface area (Å²) in [7, 11) is 1.32. The van der Waals surface area contributed by atoms with Crippen molar-refractivity contribution in [3.8, 4) is 0 Å². The fraction of sp³-hybridized carbons (Fsp3) is 0.818. The van der Waals surface area contributed by atoms with Gasteiger partial charge in [0.15, 0.2) is 0 Å². The maximum absolute atomic E-state index is 11.7. The van der Waals surface area contributed by atoms with Gasteiger partial charge < -0.3 is 15.4 Å². The Bertz CT molecular complexity index is 276. The molecule has 1 aliphatic heterocycles. The molecule has 0 aromatic heterocycles. The van der Waals surface area contributed by atoms with Gasteiger partial charge in [0.05, 0.1) is 7.11 Å². The predicted molar refractivity (Wildman–Crippen MR) is 67.1 cm³/mol. The number of halogens is 1. The summed E-state index contributed by atoms with van der Waals surface area (Å²) in [6.45, 7) is 5.14. The van der Waals surface area contributed by atoms with Gasteiger partial charge in [-0.2, -0.15) is 0 Å². The number of esters is 1. The van der Waals surface area contributed by atoms with Crippen LogP contribution in [0.2, 0.25) is 0 Å². The Morgan fingerprint density at radius 1 is 1.47 bits per heavy atom. The maximum Gasteiger partial charge on any atom is 0.330 e. The molecule has 0 spiro atoms. The number of rotatable bonds is 4. The van der Waals surface area contributed by atoms with Crippen LogP contribution in [0.1, 0.15) is 26.7 Å². The molecule has 1 unspecified atom stereocenters. The van der Waals surface area contributed by atoms with Crippen molar-refractivity contribution in [2.24, 2.45) is 5.92 Å². The topological polar surface area (TPSA) is 67.4 Å². The minimum absolute atomic E-state index is 0. The van der Waals surface area contributed by atoms with Crippen molar-refractivity contribution in [3.63, 3.8) is 0 Å². The van der Waals surface area contributed by atoms with E-state index in [4.69, 9.17) is 0 Å². The first-order valence-electron chi connectivity index (χ1n) is 5.56. The van der Waals surface area contributed by atoms with Crippen LogP contribution < -0.4 is 10.6 Å². The standard InChI is InChI=1S/C11H20N2O3.ClH/c1-11(2,10(15)16-3)13-9(14)6-8-4-5-12-7-8;/h8,12H,4-7H2,1-3H3,(H,13,14);1H. The lowest BCUT2D eigenvalue weighted by molar-refractivity contribution is -0.149. The molecule has 0 bridgehead atoms. The Labute approximate surface area is 108 Å². The summed E-state index contributed by atoms with van der Waals surface area (Å²) in [5, 5.41) is 5.90. The van der Waals surface area contributed by atoms with Gasteiger partial charge in [-0.1, -0.05) is 0 Å². The lowest BCUT2D eigenvalue weighted by atomic mass is 10.0. The number of nitrogens with one attached hydrogen (secondary N) is 2. The normalized spacial score (nSPS) is 19.4. The molecular weight excluding hydrogens is 244 g/mol. The van der Waals surface area contributed by atoms with Crippen molar-refractivity contribution in [2.75, 3.05) is 20.2 Å². The van der Waals surface area contributed by atoms with Crippen LogP contribution in [0.4, 0.5) is 0 Å². The summed E-state index contributed by atoms with van der Waals surface area (Å²) in [6, 6.07) is 0. The van der Waals surface area contributed by atoms with Crippen LogP contribution in [0.15, 0.2) is 0 Å². The Morgan fingerprint density at radius 2 is 2.12 bits per heavy atom. The molecule has 5 nitrogen and oxygen atoms in total. The van der Waals surface area contributed by atoms with Gasteiger partial charge in [0.1, 0.15) is 5.54 Å². The number of carbonyl (C=O) groups is 2. The number of carbonyl (C=O) groups excluding carboxylic acids is 2.